The summed E-state index contributed by atoms with van der Waals surface area (Å²) >= 11 is 3.32. The van der Waals surface area contributed by atoms with Crippen molar-refractivity contribution < 1.29 is 9.90 Å². The molecule has 1 aromatic rings. The molecule has 0 amide bonds. The predicted octanol–water partition coefficient (Wildman–Crippen LogP) is 2.40. The van der Waals surface area contributed by atoms with Crippen LogP contribution in [0.2, 0.25) is 0 Å². The largest absolute Gasteiger partial charge is 0.478 e. The van der Waals surface area contributed by atoms with Crippen molar-refractivity contribution in [2.75, 3.05) is 25.5 Å². The van der Waals surface area contributed by atoms with E-state index in [0.29, 0.717) is 22.2 Å². The molecule has 1 atom stereocenters. The van der Waals surface area contributed by atoms with Gasteiger partial charge in [-0.15, -0.1) is 0 Å². The summed E-state index contributed by atoms with van der Waals surface area (Å²) < 4.78 is 1.77. The Bertz CT molecular complexity index is 785. The molecule has 142 valence electrons. The van der Waals surface area contributed by atoms with Crippen LogP contribution in [0.5, 0.6) is 0 Å². The zero-order valence-electron chi connectivity index (χ0n) is 15.3. The number of aliphatic carboxylic acids is 1. The van der Waals surface area contributed by atoms with Crippen LogP contribution in [-0.4, -0.2) is 51.9 Å². The average Bonchev–Trinajstić information content (AvgIpc) is 2.61. The van der Waals surface area contributed by atoms with Crippen molar-refractivity contribution in [2.45, 2.75) is 32.2 Å². The maximum Gasteiger partial charge on any atom is 0.331 e. The first-order valence-corrected chi connectivity index (χ1v) is 9.36. The maximum atomic E-state index is 11.9. The number of aryl methyl sites for hydroxylation is 1. The SMILES string of the molecule is C[C@H](CN(C)CCC1=CC=C(C(=O)O)CC1)Nc1cnn(C)c(=O)c1Br. The van der Waals surface area contributed by atoms with E-state index in [1.807, 2.05) is 6.08 Å². The Kier molecular flexibility index (Phi) is 7.16. The number of carboxylic acids is 1. The van der Waals surface area contributed by atoms with Crippen molar-refractivity contribution >= 4 is 27.6 Å². The fraction of sp³-hybridized carbons (Fsp3) is 0.500. The van der Waals surface area contributed by atoms with Crippen LogP contribution in [0.4, 0.5) is 5.69 Å². The molecule has 26 heavy (non-hydrogen) atoms. The number of nitrogens with one attached hydrogen (secondary N) is 1. The van der Waals surface area contributed by atoms with E-state index >= 15 is 0 Å². The first-order chi connectivity index (χ1) is 12.3. The van der Waals surface area contributed by atoms with Gasteiger partial charge in [-0.05, 0) is 49.2 Å². The fourth-order valence-electron chi connectivity index (χ4n) is 2.88. The minimum atomic E-state index is -0.825. The van der Waals surface area contributed by atoms with E-state index in [-0.39, 0.29) is 11.6 Å². The number of nitrogens with zero attached hydrogens (tertiary/aromatic N) is 3. The molecule has 0 fully saturated rings. The average molecular weight is 425 g/mol. The quantitative estimate of drug-likeness (QED) is 0.665. The summed E-state index contributed by atoms with van der Waals surface area (Å²) in [6.45, 7) is 3.76. The molecule has 0 unspecified atom stereocenters. The molecule has 1 aliphatic carbocycles. The Labute approximate surface area is 161 Å². The first kappa shape index (κ1) is 20.4. The van der Waals surface area contributed by atoms with Crippen molar-refractivity contribution in [2.24, 2.45) is 7.05 Å². The number of anilines is 1. The van der Waals surface area contributed by atoms with E-state index in [2.05, 4.69) is 45.2 Å². The molecule has 0 saturated carbocycles. The predicted molar refractivity (Wildman–Crippen MR) is 105 cm³/mol. The van der Waals surface area contributed by atoms with Gasteiger partial charge in [-0.25, -0.2) is 9.48 Å². The van der Waals surface area contributed by atoms with Crippen molar-refractivity contribution in [1.29, 1.82) is 0 Å². The van der Waals surface area contributed by atoms with Crippen LogP contribution < -0.4 is 10.9 Å². The molecule has 0 radical (unpaired) electrons. The number of hydrogen-bond donors (Lipinski definition) is 2. The van der Waals surface area contributed by atoms with Gasteiger partial charge in [0.1, 0.15) is 4.47 Å². The third-order valence-electron chi connectivity index (χ3n) is 4.39. The topological polar surface area (TPSA) is 87.5 Å². The molecular formula is C18H25BrN4O3. The van der Waals surface area contributed by atoms with Crippen molar-refractivity contribution in [3.05, 3.63) is 44.3 Å². The second-order valence-corrected chi connectivity index (χ2v) is 7.47. The van der Waals surface area contributed by atoms with Gasteiger partial charge in [0.25, 0.3) is 5.56 Å². The molecule has 0 saturated heterocycles. The van der Waals surface area contributed by atoms with E-state index in [1.165, 1.54) is 10.3 Å². The number of allylic oxidation sites excluding steroid dienone is 2. The van der Waals surface area contributed by atoms with Crippen molar-refractivity contribution in [3.8, 4) is 0 Å². The highest BCUT2D eigenvalue weighted by Gasteiger charge is 2.14. The summed E-state index contributed by atoms with van der Waals surface area (Å²) in [4.78, 5) is 25.0. The number of halogens is 1. The summed E-state index contributed by atoms with van der Waals surface area (Å²) in [6, 6.07) is 0.143. The first-order valence-electron chi connectivity index (χ1n) is 8.56. The Balaban J connectivity index is 1.83. The highest BCUT2D eigenvalue weighted by molar-refractivity contribution is 9.10. The molecule has 1 aliphatic rings. The van der Waals surface area contributed by atoms with E-state index in [9.17, 15) is 9.59 Å². The van der Waals surface area contributed by atoms with Crippen LogP contribution >= 0.6 is 15.9 Å². The van der Waals surface area contributed by atoms with Crippen molar-refractivity contribution in [3.63, 3.8) is 0 Å². The van der Waals surface area contributed by atoms with Crippen LogP contribution in [0.1, 0.15) is 26.2 Å². The molecule has 0 bridgehead atoms. The molecule has 1 aromatic heterocycles. The zero-order chi connectivity index (χ0) is 19.3. The lowest BCUT2D eigenvalue weighted by atomic mass is 9.96. The second-order valence-electron chi connectivity index (χ2n) is 6.68. The molecule has 8 heteroatoms. The van der Waals surface area contributed by atoms with Gasteiger partial charge in [-0.3, -0.25) is 4.79 Å². The van der Waals surface area contributed by atoms with Gasteiger partial charge in [0.2, 0.25) is 0 Å². The molecular weight excluding hydrogens is 400 g/mol. The monoisotopic (exact) mass is 424 g/mol. The van der Waals surface area contributed by atoms with Gasteiger partial charge in [0, 0.05) is 31.8 Å². The van der Waals surface area contributed by atoms with Gasteiger partial charge < -0.3 is 15.3 Å². The fourth-order valence-corrected chi connectivity index (χ4v) is 3.36. The van der Waals surface area contributed by atoms with Crippen molar-refractivity contribution in [1.82, 2.24) is 14.7 Å². The van der Waals surface area contributed by atoms with Crippen LogP contribution in [0.25, 0.3) is 0 Å². The third-order valence-corrected chi connectivity index (χ3v) is 5.16. The lowest BCUT2D eigenvalue weighted by Crippen LogP contribution is -2.34. The van der Waals surface area contributed by atoms with Crippen LogP contribution in [0.3, 0.4) is 0 Å². The lowest BCUT2D eigenvalue weighted by molar-refractivity contribution is -0.132. The van der Waals surface area contributed by atoms with Crippen LogP contribution in [-0.2, 0) is 11.8 Å². The smallest absolute Gasteiger partial charge is 0.331 e. The molecule has 0 aliphatic heterocycles. The molecule has 0 spiro atoms. The van der Waals surface area contributed by atoms with Gasteiger partial charge in [-0.2, -0.15) is 5.10 Å². The molecule has 7 nitrogen and oxygen atoms in total. The normalized spacial score (nSPS) is 15.4. The summed E-state index contributed by atoms with van der Waals surface area (Å²) in [5, 5.41) is 16.3. The third kappa shape index (κ3) is 5.54. The summed E-state index contributed by atoms with van der Waals surface area (Å²) in [6.07, 6.45) is 7.63. The number of rotatable bonds is 8. The summed E-state index contributed by atoms with van der Waals surface area (Å²) in [5.41, 5.74) is 2.28. The second kappa shape index (κ2) is 9.14. The van der Waals surface area contributed by atoms with Gasteiger partial charge >= 0.3 is 5.97 Å². The number of carboxylic acid groups (broad SMARTS) is 1. The number of carbonyl (C=O) groups is 1. The van der Waals surface area contributed by atoms with E-state index in [0.717, 1.165) is 25.9 Å². The summed E-state index contributed by atoms with van der Waals surface area (Å²) in [5.74, 6) is -0.825. The number of likely N-dealkylation sites (N-methyl/N-ethyl adjacent to an activating group) is 1. The molecule has 2 rings (SSSR count). The molecule has 1 heterocycles. The Morgan fingerprint density at radius 3 is 2.81 bits per heavy atom. The highest BCUT2D eigenvalue weighted by atomic mass is 79.9. The minimum Gasteiger partial charge on any atom is -0.478 e. The van der Waals surface area contributed by atoms with Gasteiger partial charge in [0.15, 0.2) is 0 Å². The number of hydrogen-bond acceptors (Lipinski definition) is 5. The lowest BCUT2D eigenvalue weighted by Gasteiger charge is -2.24. The standard InChI is InChI=1S/C18H25BrN4O3/c1-12(21-15-10-20-23(3)17(24)16(15)19)11-22(2)9-8-13-4-6-14(7-5-13)18(25)26/h4,6,10,12,21H,5,7-9,11H2,1-3H3,(H,25,26)/t12-/m1/s1. The highest BCUT2D eigenvalue weighted by Crippen LogP contribution is 2.21. The van der Waals surface area contributed by atoms with E-state index in [1.54, 1.807) is 19.3 Å². The zero-order valence-corrected chi connectivity index (χ0v) is 16.9. The summed E-state index contributed by atoms with van der Waals surface area (Å²) in [7, 11) is 3.67. The van der Waals surface area contributed by atoms with E-state index < -0.39 is 5.97 Å². The van der Waals surface area contributed by atoms with Gasteiger partial charge in [-0.1, -0.05) is 17.7 Å². The maximum absolute atomic E-state index is 11.9. The van der Waals surface area contributed by atoms with E-state index in [4.69, 9.17) is 5.11 Å². The Hall–Kier alpha value is -1.93. The Morgan fingerprint density at radius 2 is 2.19 bits per heavy atom. The molecule has 0 aromatic carbocycles. The number of aromatic nitrogens is 2. The van der Waals surface area contributed by atoms with Crippen LogP contribution in [0, 0.1) is 0 Å². The minimum absolute atomic E-state index is 0.143. The van der Waals surface area contributed by atoms with Gasteiger partial charge in [0.05, 0.1) is 11.9 Å². The Morgan fingerprint density at radius 1 is 1.46 bits per heavy atom. The van der Waals surface area contributed by atoms with Crippen LogP contribution in [0.15, 0.2) is 38.8 Å². The molecule has 2 N–H and O–H groups in total.